The van der Waals surface area contributed by atoms with Crippen LogP contribution in [0, 0.1) is 5.82 Å². The Balaban J connectivity index is 1.86. The Morgan fingerprint density at radius 2 is 2.04 bits per heavy atom. The van der Waals surface area contributed by atoms with Crippen LogP contribution in [0.4, 0.5) is 13.2 Å². The first kappa shape index (κ1) is 17.7. The molecule has 128 valence electrons. The van der Waals surface area contributed by atoms with Crippen LogP contribution in [0.2, 0.25) is 0 Å². The van der Waals surface area contributed by atoms with Crippen molar-refractivity contribution in [2.45, 2.75) is 23.7 Å². The first-order valence-electron chi connectivity index (χ1n) is 6.88. The van der Waals surface area contributed by atoms with Crippen LogP contribution < -0.4 is 4.74 Å². The summed E-state index contributed by atoms with van der Waals surface area (Å²) < 4.78 is 46.2. The molecule has 1 unspecified atom stereocenters. The van der Waals surface area contributed by atoms with Gasteiger partial charge in [0.2, 0.25) is 0 Å². The van der Waals surface area contributed by atoms with Crippen molar-refractivity contribution < 1.29 is 23.0 Å². The number of allylic oxidation sites excluding steroid dienone is 3. The minimum atomic E-state index is -3.28. The molecule has 1 atom stereocenters. The number of hydrogen-bond acceptors (Lipinski definition) is 3. The number of rotatable bonds is 3. The maximum absolute atomic E-state index is 13.6. The minimum Gasteiger partial charge on any atom is -0.456 e. The fourth-order valence-corrected chi connectivity index (χ4v) is 3.80. The van der Waals surface area contributed by atoms with Crippen molar-refractivity contribution in [3.8, 4) is 5.75 Å². The zero-order valence-corrected chi connectivity index (χ0v) is 14.4. The van der Waals surface area contributed by atoms with E-state index >= 15 is 0 Å². The first-order chi connectivity index (χ1) is 11.3. The lowest BCUT2D eigenvalue weighted by Gasteiger charge is -2.16. The van der Waals surface area contributed by atoms with Crippen LogP contribution in [0.1, 0.15) is 12.0 Å². The maximum Gasteiger partial charge on any atom is 0.327 e. The van der Waals surface area contributed by atoms with E-state index in [1.165, 1.54) is 24.3 Å². The summed E-state index contributed by atoms with van der Waals surface area (Å²) in [6.07, 6.45) is 0.876. The van der Waals surface area contributed by atoms with Gasteiger partial charge in [0, 0.05) is 23.3 Å². The molecule has 1 N–H and O–H groups in total. The number of ether oxygens (including phenoxy) is 1. The van der Waals surface area contributed by atoms with Gasteiger partial charge in [-0.15, -0.1) is 11.6 Å². The molecule has 3 rings (SSSR count). The Morgan fingerprint density at radius 1 is 1.29 bits per heavy atom. The number of benzene rings is 1. The van der Waals surface area contributed by atoms with E-state index in [0.717, 1.165) is 0 Å². The first-order valence-corrected chi connectivity index (χ1v) is 8.61. The Morgan fingerprint density at radius 3 is 2.75 bits per heavy atom. The lowest BCUT2D eigenvalue weighted by atomic mass is 10.1. The summed E-state index contributed by atoms with van der Waals surface area (Å²) in [5, 5.41) is 6.60. The summed E-state index contributed by atoms with van der Waals surface area (Å²) in [4.78, 5) is 0.255. The van der Waals surface area contributed by atoms with Gasteiger partial charge in [0.15, 0.2) is 6.10 Å². The minimum absolute atomic E-state index is 0.0688. The lowest BCUT2D eigenvalue weighted by Crippen LogP contribution is -2.27. The molecule has 24 heavy (non-hydrogen) atoms. The van der Waals surface area contributed by atoms with Gasteiger partial charge in [-0.2, -0.15) is 8.78 Å². The van der Waals surface area contributed by atoms with E-state index in [9.17, 15) is 18.3 Å². The van der Waals surface area contributed by atoms with Crippen molar-refractivity contribution in [1.82, 2.24) is 0 Å². The number of aliphatic hydroxyl groups excluding tert-OH is 1. The standard InChI is InChI=1S/C16H11Cl2F3O2S/c17-7-8-3-9(19)5-10(4-8)23-13-1-2-14-11(6-12(13)18)15(22)16(20,21)24-14/h1-5,15,22H,6-7H2. The van der Waals surface area contributed by atoms with Crippen LogP contribution in [0.25, 0.3) is 0 Å². The highest BCUT2D eigenvalue weighted by molar-refractivity contribution is 8.04. The molecule has 0 amide bonds. The van der Waals surface area contributed by atoms with Crippen molar-refractivity contribution in [2.75, 3.05) is 0 Å². The highest BCUT2D eigenvalue weighted by atomic mass is 35.5. The van der Waals surface area contributed by atoms with Gasteiger partial charge in [0.05, 0.1) is 5.03 Å². The SMILES string of the molecule is OC1C2=C(C=CC(Oc3cc(F)cc(CCl)c3)=C(Cl)C2)SC1(F)F. The van der Waals surface area contributed by atoms with Crippen molar-refractivity contribution in [3.05, 3.63) is 63.0 Å². The van der Waals surface area contributed by atoms with Gasteiger partial charge >= 0.3 is 5.25 Å². The lowest BCUT2D eigenvalue weighted by molar-refractivity contribution is -0.00991. The second-order valence-corrected chi connectivity index (χ2v) is 7.18. The van der Waals surface area contributed by atoms with Gasteiger partial charge in [-0.1, -0.05) is 11.6 Å². The molecule has 0 saturated carbocycles. The molecule has 0 radical (unpaired) electrons. The fourth-order valence-electron chi connectivity index (χ4n) is 2.40. The molecule has 8 heteroatoms. The van der Waals surface area contributed by atoms with Gasteiger partial charge in [-0.05, 0) is 47.2 Å². The summed E-state index contributed by atoms with van der Waals surface area (Å²) in [5.74, 6) is 0.00545. The molecule has 1 aromatic carbocycles. The average Bonchev–Trinajstić information content (AvgIpc) is 2.64. The van der Waals surface area contributed by atoms with Crippen molar-refractivity contribution in [3.63, 3.8) is 0 Å². The number of alkyl halides is 3. The Hall–Kier alpha value is -1.08. The van der Waals surface area contributed by atoms with Gasteiger partial charge in [-0.3, -0.25) is 0 Å². The predicted octanol–water partition coefficient (Wildman–Crippen LogP) is 5.31. The zero-order chi connectivity index (χ0) is 17.5. The third kappa shape index (κ3) is 3.47. The number of hydrogen-bond donors (Lipinski definition) is 1. The summed E-state index contributed by atoms with van der Waals surface area (Å²) >= 11 is 12.1. The highest BCUT2D eigenvalue weighted by Gasteiger charge is 2.49. The predicted molar refractivity (Wildman–Crippen MR) is 88.8 cm³/mol. The molecule has 0 spiro atoms. The molecular weight excluding hydrogens is 384 g/mol. The normalized spacial score (nSPS) is 22.7. The van der Waals surface area contributed by atoms with E-state index in [-0.39, 0.29) is 51.1 Å². The van der Waals surface area contributed by atoms with Gasteiger partial charge in [0.1, 0.15) is 17.3 Å². The number of thioether (sulfide) groups is 1. The second kappa shape index (κ2) is 6.67. The third-order valence-electron chi connectivity index (χ3n) is 3.52. The van der Waals surface area contributed by atoms with Gasteiger partial charge in [-0.25, -0.2) is 4.39 Å². The summed E-state index contributed by atoms with van der Waals surface area (Å²) in [6.45, 7) is 0. The number of aliphatic hydroxyl groups is 1. The average molecular weight is 395 g/mol. The highest BCUT2D eigenvalue weighted by Crippen LogP contribution is 2.52. The van der Waals surface area contributed by atoms with Crippen LogP contribution in [0.15, 0.2) is 51.6 Å². The van der Waals surface area contributed by atoms with Crippen LogP contribution in [0.3, 0.4) is 0 Å². The molecule has 2 aliphatic rings. The van der Waals surface area contributed by atoms with Crippen molar-refractivity contribution in [2.24, 2.45) is 0 Å². The molecule has 1 heterocycles. The Kier molecular flexibility index (Phi) is 4.93. The molecule has 2 nitrogen and oxygen atoms in total. The monoisotopic (exact) mass is 394 g/mol. The van der Waals surface area contributed by atoms with E-state index in [0.29, 0.717) is 5.56 Å². The molecule has 0 bridgehead atoms. The van der Waals surface area contributed by atoms with E-state index in [4.69, 9.17) is 27.9 Å². The number of halogens is 5. The molecule has 0 aromatic heterocycles. The van der Waals surface area contributed by atoms with E-state index in [2.05, 4.69) is 0 Å². The Labute approximate surface area is 150 Å². The summed E-state index contributed by atoms with van der Waals surface area (Å²) in [6, 6.07) is 4.01. The molecule has 1 aromatic rings. The third-order valence-corrected chi connectivity index (χ3v) is 5.27. The van der Waals surface area contributed by atoms with Crippen LogP contribution in [-0.4, -0.2) is 16.5 Å². The zero-order valence-electron chi connectivity index (χ0n) is 12.0. The Bertz CT molecular complexity index is 775. The largest absolute Gasteiger partial charge is 0.456 e. The van der Waals surface area contributed by atoms with Crippen LogP contribution in [0.5, 0.6) is 5.75 Å². The fraction of sp³-hybridized carbons (Fsp3) is 0.250. The van der Waals surface area contributed by atoms with Gasteiger partial charge in [0.25, 0.3) is 0 Å². The van der Waals surface area contributed by atoms with E-state index < -0.39 is 17.2 Å². The smallest absolute Gasteiger partial charge is 0.327 e. The molecule has 0 saturated heterocycles. The van der Waals surface area contributed by atoms with Crippen molar-refractivity contribution in [1.29, 1.82) is 0 Å². The molecular formula is C16H11Cl2F3O2S. The topological polar surface area (TPSA) is 29.5 Å². The molecule has 1 aliphatic heterocycles. The second-order valence-electron chi connectivity index (χ2n) is 5.27. The van der Waals surface area contributed by atoms with E-state index in [1.807, 2.05) is 0 Å². The van der Waals surface area contributed by atoms with E-state index in [1.54, 1.807) is 6.07 Å². The van der Waals surface area contributed by atoms with Gasteiger partial charge < -0.3 is 9.84 Å². The van der Waals surface area contributed by atoms with Crippen LogP contribution >= 0.6 is 35.0 Å². The van der Waals surface area contributed by atoms with Crippen molar-refractivity contribution >= 4 is 35.0 Å². The van der Waals surface area contributed by atoms with Crippen LogP contribution in [-0.2, 0) is 5.88 Å². The maximum atomic E-state index is 13.6. The quantitative estimate of drug-likeness (QED) is 0.704. The summed E-state index contributed by atoms with van der Waals surface area (Å²) in [5.41, 5.74) is 0.678. The molecule has 0 fully saturated rings. The summed E-state index contributed by atoms with van der Waals surface area (Å²) in [7, 11) is 0. The molecule has 1 aliphatic carbocycles.